The molecule has 196 valence electrons. The summed E-state index contributed by atoms with van der Waals surface area (Å²) >= 11 is 1.79. The van der Waals surface area contributed by atoms with E-state index < -0.39 is 22.5 Å². The Bertz CT molecular complexity index is 1420. The first-order valence-corrected chi connectivity index (χ1v) is 14.7. The van der Waals surface area contributed by atoms with Crippen molar-refractivity contribution in [1.29, 1.82) is 0 Å². The van der Waals surface area contributed by atoms with Gasteiger partial charge in [0.25, 0.3) is 0 Å². The van der Waals surface area contributed by atoms with E-state index in [-0.39, 0.29) is 17.3 Å². The maximum absolute atomic E-state index is 12.7. The number of benzene rings is 1. The van der Waals surface area contributed by atoms with E-state index in [9.17, 15) is 18.0 Å². The van der Waals surface area contributed by atoms with Crippen molar-refractivity contribution < 1.29 is 18.0 Å². The van der Waals surface area contributed by atoms with Gasteiger partial charge in [0, 0.05) is 31.1 Å². The molecule has 0 atom stereocenters. The lowest BCUT2D eigenvalue weighted by molar-refractivity contribution is -0.132. The highest BCUT2D eigenvalue weighted by atomic mass is 32.2. The van der Waals surface area contributed by atoms with Crippen LogP contribution in [0.5, 0.6) is 0 Å². The molecule has 1 aromatic carbocycles. The van der Waals surface area contributed by atoms with E-state index in [1.54, 1.807) is 34.4 Å². The zero-order valence-electron chi connectivity index (χ0n) is 20.7. The molecule has 10 nitrogen and oxygen atoms in total. The Morgan fingerprint density at radius 1 is 1.00 bits per heavy atom. The number of rotatable bonds is 7. The standard InChI is InChI=1S/C25H30N6O4S2/c1-17-28-24(23-19-9-5-6-10-20(19)36-25(23)29-17)31-13-11-30(12-14-31)22(33)16-26-21(32)15-27-37(34,35)18-7-3-2-4-8-18/h2-4,7-8,27H,5-6,9-16H2,1H3,(H,26,32). The van der Waals surface area contributed by atoms with Crippen LogP contribution in [0.2, 0.25) is 0 Å². The van der Waals surface area contributed by atoms with E-state index in [0.717, 1.165) is 29.3 Å². The van der Waals surface area contributed by atoms with Gasteiger partial charge in [-0.15, -0.1) is 11.3 Å². The van der Waals surface area contributed by atoms with Crippen LogP contribution in [0.3, 0.4) is 0 Å². The molecule has 5 rings (SSSR count). The predicted octanol–water partition coefficient (Wildman–Crippen LogP) is 1.62. The molecule has 0 unspecified atom stereocenters. The van der Waals surface area contributed by atoms with E-state index >= 15 is 0 Å². The molecule has 3 heterocycles. The normalized spacial score (nSPS) is 16.0. The van der Waals surface area contributed by atoms with Gasteiger partial charge in [0.1, 0.15) is 16.5 Å². The van der Waals surface area contributed by atoms with E-state index in [1.807, 2.05) is 6.92 Å². The highest BCUT2D eigenvalue weighted by molar-refractivity contribution is 7.89. The molecular weight excluding hydrogens is 512 g/mol. The van der Waals surface area contributed by atoms with Gasteiger partial charge in [0.2, 0.25) is 21.8 Å². The fourth-order valence-corrected chi connectivity index (χ4v) is 7.14. The minimum atomic E-state index is -3.79. The van der Waals surface area contributed by atoms with Gasteiger partial charge in [-0.25, -0.2) is 23.1 Å². The zero-order chi connectivity index (χ0) is 26.0. The molecule has 2 aliphatic rings. The monoisotopic (exact) mass is 542 g/mol. The molecule has 2 N–H and O–H groups in total. The third-order valence-corrected chi connectivity index (χ3v) is 9.36. The van der Waals surface area contributed by atoms with Crippen LogP contribution in [0.15, 0.2) is 35.2 Å². The van der Waals surface area contributed by atoms with Crippen LogP contribution in [-0.4, -0.2) is 74.4 Å². The van der Waals surface area contributed by atoms with Crippen molar-refractivity contribution in [3.8, 4) is 0 Å². The first-order valence-electron chi connectivity index (χ1n) is 12.4. The SMILES string of the molecule is Cc1nc(N2CCN(C(=O)CNC(=O)CNS(=O)(=O)c3ccccc3)CC2)c2c3c(sc2n1)CCCC3. The largest absolute Gasteiger partial charge is 0.352 e. The number of carbonyl (C=O) groups is 2. The summed E-state index contributed by atoms with van der Waals surface area (Å²) in [6, 6.07) is 7.82. The second-order valence-corrected chi connectivity index (χ2v) is 12.1. The maximum atomic E-state index is 12.7. The molecule has 0 saturated carbocycles. The number of nitrogens with one attached hydrogen (secondary N) is 2. The van der Waals surface area contributed by atoms with Gasteiger partial charge in [-0.1, -0.05) is 18.2 Å². The Kier molecular flexibility index (Phi) is 7.40. The molecule has 1 aliphatic heterocycles. The third kappa shape index (κ3) is 5.60. The fraction of sp³-hybridized carbons (Fsp3) is 0.440. The van der Waals surface area contributed by atoms with Crippen LogP contribution in [-0.2, 0) is 32.5 Å². The van der Waals surface area contributed by atoms with Gasteiger partial charge in [-0.2, -0.15) is 0 Å². The van der Waals surface area contributed by atoms with Crippen LogP contribution in [0.25, 0.3) is 10.2 Å². The number of hydrogen-bond acceptors (Lipinski definition) is 8. The quantitative estimate of drug-likeness (QED) is 0.465. The lowest BCUT2D eigenvalue weighted by Gasteiger charge is -2.36. The maximum Gasteiger partial charge on any atom is 0.242 e. The van der Waals surface area contributed by atoms with Crippen molar-refractivity contribution in [2.75, 3.05) is 44.2 Å². The highest BCUT2D eigenvalue weighted by Gasteiger charge is 2.27. The molecule has 3 aromatic rings. The number of piperazine rings is 1. The van der Waals surface area contributed by atoms with Crippen LogP contribution < -0.4 is 14.9 Å². The fourth-order valence-electron chi connectivity index (χ4n) is 4.83. The van der Waals surface area contributed by atoms with Crippen molar-refractivity contribution in [3.63, 3.8) is 0 Å². The average Bonchev–Trinajstić information content (AvgIpc) is 3.29. The van der Waals surface area contributed by atoms with Crippen molar-refractivity contribution >= 4 is 49.2 Å². The molecule has 37 heavy (non-hydrogen) atoms. The summed E-state index contributed by atoms with van der Waals surface area (Å²) in [5.41, 5.74) is 1.39. The summed E-state index contributed by atoms with van der Waals surface area (Å²) in [5, 5.41) is 3.70. The van der Waals surface area contributed by atoms with Gasteiger partial charge < -0.3 is 15.1 Å². The summed E-state index contributed by atoms with van der Waals surface area (Å²) in [5.74, 6) is 0.960. The summed E-state index contributed by atoms with van der Waals surface area (Å²) < 4.78 is 26.8. The van der Waals surface area contributed by atoms with Crippen molar-refractivity contribution in [2.24, 2.45) is 0 Å². The number of fused-ring (bicyclic) bond motifs is 3. The summed E-state index contributed by atoms with van der Waals surface area (Å²) in [4.78, 5) is 40.9. The number of sulfonamides is 1. The first kappa shape index (κ1) is 25.6. The topological polar surface area (TPSA) is 125 Å². The van der Waals surface area contributed by atoms with Crippen LogP contribution >= 0.6 is 11.3 Å². The molecular formula is C25H30N6O4S2. The van der Waals surface area contributed by atoms with Crippen molar-refractivity contribution in [1.82, 2.24) is 24.9 Å². The van der Waals surface area contributed by atoms with E-state index in [0.29, 0.717) is 26.2 Å². The number of aryl methyl sites for hydroxylation is 3. The lowest BCUT2D eigenvalue weighted by atomic mass is 9.97. The van der Waals surface area contributed by atoms with Crippen molar-refractivity contribution in [3.05, 3.63) is 46.6 Å². The number of aromatic nitrogens is 2. The molecule has 0 spiro atoms. The van der Waals surface area contributed by atoms with Gasteiger partial charge in [-0.05, 0) is 50.3 Å². The van der Waals surface area contributed by atoms with E-state index in [2.05, 4.69) is 14.9 Å². The molecule has 1 saturated heterocycles. The summed E-state index contributed by atoms with van der Waals surface area (Å²) in [7, 11) is -3.79. The molecule has 2 aromatic heterocycles. The van der Waals surface area contributed by atoms with Crippen LogP contribution in [0.4, 0.5) is 5.82 Å². The van der Waals surface area contributed by atoms with E-state index in [1.165, 1.54) is 40.8 Å². The number of amides is 2. The van der Waals surface area contributed by atoms with Crippen LogP contribution in [0, 0.1) is 6.92 Å². The van der Waals surface area contributed by atoms with Crippen LogP contribution in [0.1, 0.15) is 29.1 Å². The Balaban J connectivity index is 1.15. The van der Waals surface area contributed by atoms with Gasteiger partial charge in [-0.3, -0.25) is 9.59 Å². The molecule has 1 fully saturated rings. The minimum absolute atomic E-state index is 0.0795. The Labute approximate surface area is 220 Å². The number of thiophene rings is 1. The van der Waals surface area contributed by atoms with Crippen molar-refractivity contribution in [2.45, 2.75) is 37.5 Å². The van der Waals surface area contributed by atoms with E-state index in [4.69, 9.17) is 9.97 Å². The highest BCUT2D eigenvalue weighted by Crippen LogP contribution is 2.39. The second-order valence-electron chi connectivity index (χ2n) is 9.27. The number of hydrogen-bond donors (Lipinski definition) is 2. The molecule has 0 bridgehead atoms. The number of nitrogens with zero attached hydrogens (tertiary/aromatic N) is 4. The Morgan fingerprint density at radius 3 is 2.49 bits per heavy atom. The second kappa shape index (κ2) is 10.7. The van der Waals surface area contributed by atoms with Gasteiger partial charge >= 0.3 is 0 Å². The molecule has 12 heteroatoms. The number of carbonyl (C=O) groups excluding carboxylic acids is 2. The third-order valence-electron chi connectivity index (χ3n) is 6.75. The number of anilines is 1. The molecule has 0 radical (unpaired) electrons. The molecule has 2 amide bonds. The van der Waals surface area contributed by atoms with Gasteiger partial charge in [0.05, 0.1) is 23.4 Å². The Hall–Kier alpha value is -3.09. The molecule has 1 aliphatic carbocycles. The van der Waals surface area contributed by atoms with Gasteiger partial charge in [0.15, 0.2) is 0 Å². The lowest BCUT2D eigenvalue weighted by Crippen LogP contribution is -2.52. The minimum Gasteiger partial charge on any atom is -0.352 e. The first-order chi connectivity index (χ1) is 17.8. The summed E-state index contributed by atoms with van der Waals surface area (Å²) in [6.45, 7) is 3.63. The average molecular weight is 543 g/mol. The zero-order valence-corrected chi connectivity index (χ0v) is 22.3. The predicted molar refractivity (Wildman–Crippen MR) is 142 cm³/mol. The Morgan fingerprint density at radius 2 is 1.73 bits per heavy atom. The smallest absolute Gasteiger partial charge is 0.242 e. The summed E-state index contributed by atoms with van der Waals surface area (Å²) in [6.07, 6.45) is 4.58.